The van der Waals surface area contributed by atoms with E-state index >= 15 is 0 Å². The number of aryl methyl sites for hydroxylation is 1. The molecule has 2 saturated heterocycles. The van der Waals surface area contributed by atoms with Gasteiger partial charge in [-0.1, -0.05) is 0 Å². The molecule has 130 valence electrons. The number of nitrogens with one attached hydrogen (secondary N) is 1. The lowest BCUT2D eigenvalue weighted by molar-refractivity contribution is 0.391. The minimum atomic E-state index is 0. The van der Waals surface area contributed by atoms with Crippen LogP contribution in [0.3, 0.4) is 0 Å². The highest BCUT2D eigenvalue weighted by Crippen LogP contribution is 2.26. The monoisotopic (exact) mass is 432 g/mol. The van der Waals surface area contributed by atoms with Gasteiger partial charge in [0.2, 0.25) is 0 Å². The second-order valence-corrected chi connectivity index (χ2v) is 6.72. The summed E-state index contributed by atoms with van der Waals surface area (Å²) in [6.45, 7) is 5.56. The average molecular weight is 432 g/mol. The normalized spacial score (nSPS) is 25.7. The van der Waals surface area contributed by atoms with E-state index in [1.165, 1.54) is 31.5 Å². The summed E-state index contributed by atoms with van der Waals surface area (Å²) in [5.74, 6) is 2.38. The highest BCUT2D eigenvalue weighted by atomic mass is 127. The Bertz CT molecular complexity index is 528. The first kappa shape index (κ1) is 18.5. The van der Waals surface area contributed by atoms with Crippen molar-refractivity contribution in [3.63, 3.8) is 0 Å². The summed E-state index contributed by atoms with van der Waals surface area (Å²) in [4.78, 5) is 9.27. The molecule has 0 aromatic carbocycles. The lowest BCUT2D eigenvalue weighted by Crippen LogP contribution is -2.42. The van der Waals surface area contributed by atoms with Gasteiger partial charge in [-0.05, 0) is 37.9 Å². The Morgan fingerprint density at radius 1 is 1.30 bits per heavy atom. The molecular weight excluding hydrogens is 403 g/mol. The van der Waals surface area contributed by atoms with E-state index in [2.05, 4.69) is 38.5 Å². The molecule has 0 radical (unpaired) electrons. The number of nitrogens with zero attached hydrogens (tertiary/aromatic N) is 5. The minimum absolute atomic E-state index is 0. The molecule has 2 aliphatic heterocycles. The molecule has 7 heteroatoms. The Hall–Kier alpha value is -0.830. The van der Waals surface area contributed by atoms with Gasteiger partial charge in [-0.25, -0.2) is 0 Å². The molecular formula is C16H29IN6. The van der Waals surface area contributed by atoms with E-state index < -0.39 is 0 Å². The Balaban J connectivity index is 0.00000192. The molecule has 1 aromatic rings. The van der Waals surface area contributed by atoms with Crippen molar-refractivity contribution >= 4 is 29.9 Å². The lowest BCUT2D eigenvalue weighted by Gasteiger charge is -2.23. The van der Waals surface area contributed by atoms with Gasteiger partial charge in [-0.15, -0.1) is 24.0 Å². The van der Waals surface area contributed by atoms with Crippen molar-refractivity contribution in [2.45, 2.75) is 18.8 Å². The molecule has 1 aromatic heterocycles. The predicted octanol–water partition coefficient (Wildman–Crippen LogP) is 1.35. The fourth-order valence-corrected chi connectivity index (χ4v) is 3.64. The van der Waals surface area contributed by atoms with Crippen molar-refractivity contribution in [3.8, 4) is 0 Å². The number of aromatic nitrogens is 2. The van der Waals surface area contributed by atoms with Crippen LogP contribution in [0.15, 0.2) is 17.4 Å². The van der Waals surface area contributed by atoms with E-state index in [9.17, 15) is 0 Å². The molecule has 2 aliphatic rings. The molecule has 0 amide bonds. The third-order valence-corrected chi connectivity index (χ3v) is 4.93. The van der Waals surface area contributed by atoms with Gasteiger partial charge in [-0.3, -0.25) is 9.67 Å². The number of rotatable bonds is 3. The number of likely N-dealkylation sites (tertiary alicyclic amines) is 2. The Kier molecular flexibility index (Phi) is 6.70. The summed E-state index contributed by atoms with van der Waals surface area (Å²) in [6, 6.07) is 0. The Morgan fingerprint density at radius 3 is 2.74 bits per heavy atom. The quantitative estimate of drug-likeness (QED) is 0.445. The molecule has 23 heavy (non-hydrogen) atoms. The second kappa shape index (κ2) is 8.32. The van der Waals surface area contributed by atoms with Crippen molar-refractivity contribution in [2.24, 2.45) is 18.0 Å². The zero-order valence-electron chi connectivity index (χ0n) is 14.4. The van der Waals surface area contributed by atoms with Crippen LogP contribution >= 0.6 is 24.0 Å². The van der Waals surface area contributed by atoms with Crippen LogP contribution in [0, 0.1) is 5.92 Å². The lowest BCUT2D eigenvalue weighted by atomic mass is 10.0. The summed E-state index contributed by atoms with van der Waals surface area (Å²) in [6.07, 6.45) is 6.61. The maximum Gasteiger partial charge on any atom is 0.193 e. The minimum Gasteiger partial charge on any atom is -0.356 e. The highest BCUT2D eigenvalue weighted by Gasteiger charge is 2.27. The fourth-order valence-electron chi connectivity index (χ4n) is 3.64. The van der Waals surface area contributed by atoms with Crippen LogP contribution in [0.25, 0.3) is 0 Å². The van der Waals surface area contributed by atoms with Crippen LogP contribution < -0.4 is 5.32 Å². The van der Waals surface area contributed by atoms with Crippen LogP contribution in [-0.2, 0) is 7.05 Å². The summed E-state index contributed by atoms with van der Waals surface area (Å²) in [5, 5.41) is 7.87. The smallest absolute Gasteiger partial charge is 0.193 e. The van der Waals surface area contributed by atoms with Gasteiger partial charge < -0.3 is 15.1 Å². The van der Waals surface area contributed by atoms with Crippen molar-refractivity contribution in [1.82, 2.24) is 24.9 Å². The molecule has 2 fully saturated rings. The van der Waals surface area contributed by atoms with E-state index in [0.717, 1.165) is 31.5 Å². The maximum absolute atomic E-state index is 4.48. The fraction of sp³-hybridized carbons (Fsp3) is 0.750. The number of halogens is 1. The van der Waals surface area contributed by atoms with Gasteiger partial charge in [-0.2, -0.15) is 5.10 Å². The average Bonchev–Trinajstić information content (AvgIpc) is 3.21. The van der Waals surface area contributed by atoms with Crippen molar-refractivity contribution < 1.29 is 0 Å². The highest BCUT2D eigenvalue weighted by molar-refractivity contribution is 14.0. The summed E-state index contributed by atoms with van der Waals surface area (Å²) < 4.78 is 1.89. The number of hydrogen-bond acceptors (Lipinski definition) is 3. The first-order valence-electron chi connectivity index (χ1n) is 8.28. The van der Waals surface area contributed by atoms with Gasteiger partial charge in [0.15, 0.2) is 5.96 Å². The molecule has 1 N–H and O–H groups in total. The number of guanidine groups is 1. The maximum atomic E-state index is 4.48. The van der Waals surface area contributed by atoms with Gasteiger partial charge in [0.25, 0.3) is 0 Å². The number of hydrogen-bond donors (Lipinski definition) is 1. The van der Waals surface area contributed by atoms with Crippen LogP contribution in [0.4, 0.5) is 0 Å². The van der Waals surface area contributed by atoms with E-state index in [0.29, 0.717) is 5.92 Å². The SMILES string of the molecule is CN=C(NCC1CCN(C)C1)N1CCC(c2cnn(C)c2)C1.I. The molecule has 2 unspecified atom stereocenters. The molecule has 0 spiro atoms. The molecule has 3 heterocycles. The standard InChI is InChI=1S/C16H28N6.HI/c1-17-16(18-8-13-4-6-20(2)10-13)22-7-5-14(12-22)15-9-19-21(3)11-15;/h9,11,13-14H,4-8,10,12H2,1-3H3,(H,17,18);1H. The van der Waals surface area contributed by atoms with Gasteiger partial charge in [0.05, 0.1) is 6.20 Å². The molecule has 0 aliphatic carbocycles. The van der Waals surface area contributed by atoms with E-state index in [1.54, 1.807) is 0 Å². The third-order valence-electron chi connectivity index (χ3n) is 4.93. The molecule has 0 bridgehead atoms. The first-order valence-corrected chi connectivity index (χ1v) is 8.28. The summed E-state index contributed by atoms with van der Waals surface area (Å²) in [7, 11) is 6.07. The zero-order chi connectivity index (χ0) is 15.5. The van der Waals surface area contributed by atoms with Crippen molar-refractivity contribution in [1.29, 1.82) is 0 Å². The molecule has 0 saturated carbocycles. The van der Waals surface area contributed by atoms with Gasteiger partial charge in [0.1, 0.15) is 0 Å². The first-order chi connectivity index (χ1) is 10.7. The molecule has 6 nitrogen and oxygen atoms in total. The largest absolute Gasteiger partial charge is 0.356 e. The van der Waals surface area contributed by atoms with Gasteiger partial charge >= 0.3 is 0 Å². The summed E-state index contributed by atoms with van der Waals surface area (Å²) >= 11 is 0. The molecule has 3 rings (SSSR count). The predicted molar refractivity (Wildman–Crippen MR) is 105 cm³/mol. The third kappa shape index (κ3) is 4.59. The molecule has 2 atom stereocenters. The summed E-state index contributed by atoms with van der Waals surface area (Å²) in [5.41, 5.74) is 1.35. The van der Waals surface area contributed by atoms with Crippen molar-refractivity contribution in [2.75, 3.05) is 46.8 Å². The van der Waals surface area contributed by atoms with E-state index in [4.69, 9.17) is 0 Å². The van der Waals surface area contributed by atoms with Crippen LogP contribution in [-0.4, -0.2) is 72.4 Å². The number of aliphatic imine (C=N–C) groups is 1. The Morgan fingerprint density at radius 2 is 2.13 bits per heavy atom. The van der Waals surface area contributed by atoms with Crippen LogP contribution in [0.2, 0.25) is 0 Å². The van der Waals surface area contributed by atoms with Gasteiger partial charge in [0, 0.05) is 52.4 Å². The van der Waals surface area contributed by atoms with Crippen molar-refractivity contribution in [3.05, 3.63) is 18.0 Å². The van der Waals surface area contributed by atoms with E-state index in [-0.39, 0.29) is 24.0 Å². The topological polar surface area (TPSA) is 48.7 Å². The van der Waals surface area contributed by atoms with E-state index in [1.807, 2.05) is 25.0 Å². The zero-order valence-corrected chi connectivity index (χ0v) is 16.7. The van der Waals surface area contributed by atoms with Crippen LogP contribution in [0.5, 0.6) is 0 Å². The Labute approximate surface area is 156 Å². The second-order valence-electron chi connectivity index (χ2n) is 6.72. The van der Waals surface area contributed by atoms with Crippen LogP contribution in [0.1, 0.15) is 24.3 Å².